The summed E-state index contributed by atoms with van der Waals surface area (Å²) in [5, 5.41) is 24.4. The van der Waals surface area contributed by atoms with Crippen molar-refractivity contribution in [1.29, 1.82) is 0 Å². The van der Waals surface area contributed by atoms with Crippen LogP contribution in [0.3, 0.4) is 0 Å². The molecule has 1 heterocycles. The van der Waals surface area contributed by atoms with Gasteiger partial charge in [0, 0.05) is 32.3 Å². The van der Waals surface area contributed by atoms with Crippen LogP contribution in [0.1, 0.15) is 22.3 Å². The lowest BCUT2D eigenvalue weighted by atomic mass is 9.92. The molecule has 0 bridgehead atoms. The minimum Gasteiger partial charge on any atom is -0.309 e. The second kappa shape index (κ2) is 22.0. The highest BCUT2D eigenvalue weighted by molar-refractivity contribution is 14.1. The Morgan fingerprint density at radius 3 is 1.36 bits per heavy atom. The Morgan fingerprint density at radius 2 is 0.836 bits per heavy atom. The Hall–Kier alpha value is -8.99. The average Bonchev–Trinajstić information content (AvgIpc) is 4.01. The fourth-order valence-corrected chi connectivity index (χ4v) is 10.0. The third kappa shape index (κ3) is 10.3. The number of nitrogens with zero attached hydrogens (tertiary/aromatic N) is 3. The molecule has 73 heavy (non-hydrogen) atoms. The molecule has 1 aromatic heterocycles. The number of allylic oxidation sites excluding steroid dienone is 1. The van der Waals surface area contributed by atoms with Gasteiger partial charge in [0.05, 0.1) is 32.2 Å². The van der Waals surface area contributed by atoms with E-state index < -0.39 is 0 Å². The first-order valence-corrected chi connectivity index (χ1v) is 24.9. The van der Waals surface area contributed by atoms with Crippen molar-refractivity contribution in [2.24, 2.45) is 0 Å². The molecule has 7 nitrogen and oxygen atoms in total. The molecule has 8 heteroatoms. The van der Waals surface area contributed by atoms with Crippen LogP contribution in [-0.4, -0.2) is 14.4 Å². The predicted octanol–water partition coefficient (Wildman–Crippen LogP) is 17.6. The van der Waals surface area contributed by atoms with Gasteiger partial charge in [-0.15, -0.1) is 0 Å². The van der Waals surface area contributed by atoms with E-state index in [1.807, 2.05) is 109 Å². The topological polar surface area (TPSA) is 91.2 Å². The van der Waals surface area contributed by atoms with Gasteiger partial charge < -0.3 is 4.57 Å². The fraction of sp³-hybridized carbons (Fsp3) is 0.0154. The smallest absolute Gasteiger partial charge is 0.277 e. The van der Waals surface area contributed by atoms with Gasteiger partial charge in [-0.05, 0) is 139 Å². The normalized spacial score (nSPS) is 11.5. The summed E-state index contributed by atoms with van der Waals surface area (Å²) in [7, 11) is 0. The van der Waals surface area contributed by atoms with Gasteiger partial charge in [0.1, 0.15) is 0 Å². The average molecular weight is 1060 g/mol. The first-order valence-electron chi connectivity index (χ1n) is 23.8. The monoisotopic (exact) mass is 1060 g/mol. The van der Waals surface area contributed by atoms with E-state index in [0.29, 0.717) is 11.1 Å². The van der Waals surface area contributed by atoms with E-state index in [2.05, 4.69) is 161 Å². The van der Waals surface area contributed by atoms with Crippen LogP contribution in [0.5, 0.6) is 0 Å². The van der Waals surface area contributed by atoms with Gasteiger partial charge >= 0.3 is 0 Å². The molecule has 1 aliphatic rings. The summed E-state index contributed by atoms with van der Waals surface area (Å²) in [4.78, 5) is 22.7. The number of halogens is 1. The highest BCUT2D eigenvalue weighted by Crippen LogP contribution is 2.46. The third-order valence-electron chi connectivity index (χ3n) is 12.9. The summed E-state index contributed by atoms with van der Waals surface area (Å²) in [5.41, 5.74) is 16.9. The zero-order valence-corrected chi connectivity index (χ0v) is 41.6. The molecule has 0 unspecified atom stereocenters. The highest BCUT2D eigenvalue weighted by atomic mass is 127. The lowest BCUT2D eigenvalue weighted by Gasteiger charge is -2.13. The quantitative estimate of drug-likeness (QED) is 0.0818. The van der Waals surface area contributed by atoms with Crippen LogP contribution in [0, 0.1) is 23.8 Å². The number of fused-ring (bicyclic) bond motifs is 2. The Kier molecular flexibility index (Phi) is 14.3. The molecule has 0 N–H and O–H groups in total. The lowest BCUT2D eigenvalue weighted by Crippen LogP contribution is -1.97. The van der Waals surface area contributed by atoms with Gasteiger partial charge in [-0.3, -0.25) is 20.2 Å². The van der Waals surface area contributed by atoms with Crippen LogP contribution < -0.4 is 0 Å². The van der Waals surface area contributed by atoms with Crippen LogP contribution >= 0.6 is 22.6 Å². The van der Waals surface area contributed by atoms with Crippen LogP contribution in [0.25, 0.3) is 72.4 Å². The standard InChI is InChI=1S/C32H22N2O2.C27H19NO2.C6H5I/c35-34(36)30-19-11-10-18-27(30)25-20-21-29-28(22-25)31(23-12-4-1-5-13-23)32(24-14-6-2-7-15-24)33(29)26-16-8-3-9-17-26;29-28(30)26-14-8-7-13-23(26)21-15-16-22-18-24(19-9-3-1-4-10-19)27(25(22)17-21)20-11-5-2-6-12-20;7-6-4-2-1-3-5-6/h1-22H;1-17H,18H2;1-5H. The Morgan fingerprint density at radius 1 is 0.397 bits per heavy atom. The summed E-state index contributed by atoms with van der Waals surface area (Å²) in [5.74, 6) is 0. The molecule has 10 aromatic carbocycles. The third-order valence-corrected chi connectivity index (χ3v) is 13.6. The molecule has 12 rings (SSSR count). The predicted molar refractivity (Wildman–Crippen MR) is 306 cm³/mol. The SMILES string of the molecule is Ic1ccccc1.O=[N+]([O-])c1ccccc1-c1ccc2c(c1)C(c1ccccc1)=C(c1ccccc1)C2.O=[N+]([O-])c1ccccc1-c1ccc2c(c1)c(-c1ccccc1)c(-c1ccccc1)n2-c1ccccc1. The second-order valence-corrected chi connectivity index (χ2v) is 18.6. The van der Waals surface area contributed by atoms with E-state index in [-0.39, 0.29) is 21.2 Å². The molecular formula is C65H46IN3O4. The Bertz CT molecular complexity index is 3750. The van der Waals surface area contributed by atoms with Crippen LogP contribution in [0.2, 0.25) is 0 Å². The van der Waals surface area contributed by atoms with Gasteiger partial charge in [-0.25, -0.2) is 0 Å². The first kappa shape index (κ1) is 47.7. The molecule has 352 valence electrons. The van der Waals surface area contributed by atoms with Crippen molar-refractivity contribution in [2.45, 2.75) is 6.42 Å². The van der Waals surface area contributed by atoms with E-state index in [1.54, 1.807) is 24.3 Å². The number of para-hydroxylation sites is 3. The largest absolute Gasteiger partial charge is 0.309 e. The van der Waals surface area contributed by atoms with Crippen molar-refractivity contribution in [3.63, 3.8) is 0 Å². The fourth-order valence-electron chi connectivity index (χ4n) is 9.63. The van der Waals surface area contributed by atoms with E-state index in [4.69, 9.17) is 0 Å². The van der Waals surface area contributed by atoms with Crippen molar-refractivity contribution in [2.75, 3.05) is 0 Å². The number of benzene rings is 10. The number of hydrogen-bond donors (Lipinski definition) is 0. The number of hydrogen-bond acceptors (Lipinski definition) is 4. The number of nitro benzene ring substituents is 2. The van der Waals surface area contributed by atoms with Crippen LogP contribution in [-0.2, 0) is 6.42 Å². The summed E-state index contributed by atoms with van der Waals surface area (Å²) in [6.45, 7) is 0. The molecule has 1 aliphatic carbocycles. The molecule has 0 spiro atoms. The van der Waals surface area contributed by atoms with Gasteiger partial charge in [0.15, 0.2) is 0 Å². The van der Waals surface area contributed by atoms with E-state index >= 15 is 0 Å². The molecule has 0 saturated carbocycles. The maximum absolute atomic E-state index is 11.8. The van der Waals surface area contributed by atoms with Crippen LogP contribution in [0.15, 0.2) is 267 Å². The number of nitro groups is 2. The first-order chi connectivity index (χ1) is 35.8. The maximum Gasteiger partial charge on any atom is 0.277 e. The van der Waals surface area contributed by atoms with Gasteiger partial charge in [0.2, 0.25) is 0 Å². The maximum atomic E-state index is 11.8. The number of aromatic nitrogens is 1. The van der Waals surface area contributed by atoms with Gasteiger partial charge in [-0.1, -0.05) is 200 Å². The molecule has 11 aromatic rings. The molecule has 0 fully saturated rings. The van der Waals surface area contributed by atoms with Crippen molar-refractivity contribution in [3.05, 3.63) is 313 Å². The number of rotatable bonds is 9. The summed E-state index contributed by atoms with van der Waals surface area (Å²) in [6.07, 6.45) is 0.848. The highest BCUT2D eigenvalue weighted by Gasteiger charge is 2.26. The van der Waals surface area contributed by atoms with Gasteiger partial charge in [-0.2, -0.15) is 0 Å². The molecule has 0 radical (unpaired) electrons. The van der Waals surface area contributed by atoms with E-state index in [9.17, 15) is 20.2 Å². The lowest BCUT2D eigenvalue weighted by molar-refractivity contribution is -0.384. The van der Waals surface area contributed by atoms with Crippen molar-refractivity contribution >= 4 is 56.0 Å². The molecule has 0 aliphatic heterocycles. The molecular weight excluding hydrogens is 1010 g/mol. The van der Waals surface area contributed by atoms with E-state index in [0.717, 1.165) is 67.6 Å². The van der Waals surface area contributed by atoms with Gasteiger partial charge in [0.25, 0.3) is 11.4 Å². The van der Waals surface area contributed by atoms with Crippen LogP contribution in [0.4, 0.5) is 11.4 Å². The van der Waals surface area contributed by atoms with Crippen molar-refractivity contribution in [3.8, 4) is 50.3 Å². The molecule has 0 amide bonds. The minimum absolute atomic E-state index is 0.101. The zero-order valence-electron chi connectivity index (χ0n) is 39.5. The minimum atomic E-state index is -0.317. The Labute approximate surface area is 437 Å². The summed E-state index contributed by atoms with van der Waals surface area (Å²) in [6, 6.07) is 88.3. The Balaban J connectivity index is 0.000000149. The van der Waals surface area contributed by atoms with Crippen molar-refractivity contribution < 1.29 is 9.85 Å². The van der Waals surface area contributed by atoms with Crippen molar-refractivity contribution in [1.82, 2.24) is 4.57 Å². The summed E-state index contributed by atoms with van der Waals surface area (Å²) >= 11 is 2.28. The zero-order chi connectivity index (χ0) is 50.1. The molecule has 0 saturated heterocycles. The summed E-state index contributed by atoms with van der Waals surface area (Å²) < 4.78 is 3.58. The second-order valence-electron chi connectivity index (χ2n) is 17.3. The molecule has 0 atom stereocenters. The van der Waals surface area contributed by atoms with E-state index in [1.165, 1.54) is 25.8 Å².